The fourth-order valence-electron chi connectivity index (χ4n) is 3.33. The predicted molar refractivity (Wildman–Crippen MR) is 107 cm³/mol. The Labute approximate surface area is 168 Å². The predicted octanol–water partition coefficient (Wildman–Crippen LogP) is 4.62. The molecule has 1 saturated heterocycles. The molecule has 1 amide bonds. The number of aryl methyl sites for hydroxylation is 1. The van der Waals surface area contributed by atoms with Crippen LogP contribution in [0.2, 0.25) is 5.02 Å². The zero-order chi connectivity index (χ0) is 20.3. The van der Waals surface area contributed by atoms with Crippen molar-refractivity contribution in [3.8, 4) is 6.07 Å². The minimum atomic E-state index is -0.673. The van der Waals surface area contributed by atoms with E-state index in [1.165, 1.54) is 18.2 Å². The summed E-state index contributed by atoms with van der Waals surface area (Å²) in [6.07, 6.45) is 3.81. The maximum absolute atomic E-state index is 13.9. The van der Waals surface area contributed by atoms with Gasteiger partial charge < -0.3 is 14.6 Å². The molecule has 0 radical (unpaired) electrons. The number of anilines is 1. The molecule has 1 unspecified atom stereocenters. The Balaban J connectivity index is 1.82. The van der Waals surface area contributed by atoms with Gasteiger partial charge in [-0.15, -0.1) is 0 Å². The van der Waals surface area contributed by atoms with Crippen molar-refractivity contribution in [2.24, 2.45) is 0 Å². The van der Waals surface area contributed by atoms with Crippen molar-refractivity contribution >= 4 is 29.3 Å². The second-order valence-corrected chi connectivity index (χ2v) is 7.26. The first-order valence-corrected chi connectivity index (χ1v) is 9.43. The minimum absolute atomic E-state index is 0.0283. The molecule has 1 aromatic heterocycles. The zero-order valence-corrected chi connectivity index (χ0v) is 16.5. The highest BCUT2D eigenvalue weighted by Gasteiger charge is 2.19. The highest BCUT2D eigenvalue weighted by Crippen LogP contribution is 2.23. The molecule has 1 atom stereocenters. The maximum atomic E-state index is 13.9. The molecule has 3 rings (SSSR count). The highest BCUT2D eigenvalue weighted by molar-refractivity contribution is 6.30. The monoisotopic (exact) mass is 401 g/mol. The smallest absolute Gasteiger partial charge is 0.266 e. The van der Waals surface area contributed by atoms with Crippen LogP contribution in [0.15, 0.2) is 29.8 Å². The molecule has 5 nitrogen and oxygen atoms in total. The SMILES string of the molecule is Cc1cc(/C=C(\C#N)C(=O)Nc2ccc(Cl)cc2F)c(C)n1CC1CCCO1. The normalized spacial score (nSPS) is 16.8. The number of rotatable bonds is 5. The molecular weight excluding hydrogens is 381 g/mol. The van der Waals surface area contributed by atoms with Gasteiger partial charge in [0.1, 0.15) is 17.5 Å². The topological polar surface area (TPSA) is 67.0 Å². The lowest BCUT2D eigenvalue weighted by Crippen LogP contribution is -2.17. The molecule has 1 aliphatic rings. The number of carbonyl (C=O) groups is 1. The number of carbonyl (C=O) groups excluding carboxylic acids is 1. The summed E-state index contributed by atoms with van der Waals surface area (Å²) in [5, 5.41) is 12.1. The number of halogens is 2. The van der Waals surface area contributed by atoms with Gasteiger partial charge in [0.05, 0.1) is 11.8 Å². The molecule has 1 N–H and O–H groups in total. The summed E-state index contributed by atoms with van der Waals surface area (Å²) in [7, 11) is 0. The van der Waals surface area contributed by atoms with E-state index in [2.05, 4.69) is 9.88 Å². The van der Waals surface area contributed by atoms with Crippen LogP contribution in [0, 0.1) is 31.0 Å². The number of benzene rings is 1. The van der Waals surface area contributed by atoms with Crippen LogP contribution in [0.1, 0.15) is 29.8 Å². The van der Waals surface area contributed by atoms with Crippen LogP contribution in [0.3, 0.4) is 0 Å². The van der Waals surface area contributed by atoms with E-state index in [0.717, 1.165) is 49.0 Å². The molecular formula is C21H21ClFN3O2. The van der Waals surface area contributed by atoms with E-state index in [0.29, 0.717) is 0 Å². The Morgan fingerprint density at radius 1 is 1.46 bits per heavy atom. The first-order valence-electron chi connectivity index (χ1n) is 9.05. The van der Waals surface area contributed by atoms with E-state index in [1.54, 1.807) is 0 Å². The molecule has 1 aromatic carbocycles. The number of nitriles is 1. The van der Waals surface area contributed by atoms with Gasteiger partial charge in [-0.05, 0) is 62.6 Å². The number of amides is 1. The summed E-state index contributed by atoms with van der Waals surface area (Å²) in [5.74, 6) is -1.33. The Kier molecular flexibility index (Phi) is 6.18. The third-order valence-electron chi connectivity index (χ3n) is 4.87. The molecule has 7 heteroatoms. The molecule has 0 aliphatic carbocycles. The standard InChI is InChI=1S/C21H21ClFN3O2/c1-13-8-15(14(2)26(13)12-18-4-3-7-28-18)9-16(11-24)21(27)25-20-6-5-17(22)10-19(20)23/h5-6,8-10,18H,3-4,7,12H2,1-2H3,(H,25,27)/b16-9+. The van der Waals surface area contributed by atoms with Crippen LogP contribution in [0.25, 0.3) is 6.08 Å². The third-order valence-corrected chi connectivity index (χ3v) is 5.10. The number of ether oxygens (including phenoxy) is 1. The summed E-state index contributed by atoms with van der Waals surface area (Å²) >= 11 is 5.72. The van der Waals surface area contributed by atoms with Crippen LogP contribution in [0.5, 0.6) is 0 Å². The summed E-state index contributed by atoms with van der Waals surface area (Å²) in [6.45, 7) is 5.46. The van der Waals surface area contributed by atoms with Crippen LogP contribution in [-0.4, -0.2) is 23.2 Å². The zero-order valence-electron chi connectivity index (χ0n) is 15.8. The summed E-state index contributed by atoms with van der Waals surface area (Å²) in [6, 6.07) is 7.75. The van der Waals surface area contributed by atoms with Crippen molar-refractivity contribution in [3.63, 3.8) is 0 Å². The Bertz CT molecular complexity index is 969. The Morgan fingerprint density at radius 2 is 2.25 bits per heavy atom. The molecule has 1 fully saturated rings. The molecule has 0 saturated carbocycles. The summed E-state index contributed by atoms with van der Waals surface area (Å²) in [5.41, 5.74) is 2.62. The quantitative estimate of drug-likeness (QED) is 0.587. The average molecular weight is 402 g/mol. The number of aromatic nitrogens is 1. The van der Waals surface area contributed by atoms with Crippen LogP contribution in [-0.2, 0) is 16.1 Å². The Hall–Kier alpha value is -2.62. The summed E-state index contributed by atoms with van der Waals surface area (Å²) < 4.78 is 21.7. The fourth-order valence-corrected chi connectivity index (χ4v) is 3.49. The second-order valence-electron chi connectivity index (χ2n) is 6.82. The lowest BCUT2D eigenvalue weighted by atomic mass is 10.1. The van der Waals surface area contributed by atoms with E-state index in [1.807, 2.05) is 26.0 Å². The number of hydrogen-bond acceptors (Lipinski definition) is 3. The van der Waals surface area contributed by atoms with Gasteiger partial charge in [0.2, 0.25) is 0 Å². The van der Waals surface area contributed by atoms with Crippen molar-refractivity contribution in [3.05, 3.63) is 57.6 Å². The molecule has 146 valence electrons. The average Bonchev–Trinajstić information content (AvgIpc) is 3.26. The molecule has 0 bridgehead atoms. The van der Waals surface area contributed by atoms with Crippen LogP contribution >= 0.6 is 11.6 Å². The van der Waals surface area contributed by atoms with Gasteiger partial charge in [0.25, 0.3) is 5.91 Å². The fraction of sp³-hybridized carbons (Fsp3) is 0.333. The van der Waals surface area contributed by atoms with Crippen molar-refractivity contribution in [1.82, 2.24) is 4.57 Å². The van der Waals surface area contributed by atoms with Crippen molar-refractivity contribution in [1.29, 1.82) is 5.26 Å². The van der Waals surface area contributed by atoms with Gasteiger partial charge in [-0.2, -0.15) is 5.26 Å². The molecule has 2 heterocycles. The van der Waals surface area contributed by atoms with E-state index in [-0.39, 0.29) is 22.4 Å². The van der Waals surface area contributed by atoms with Crippen LogP contribution < -0.4 is 5.32 Å². The van der Waals surface area contributed by atoms with E-state index in [4.69, 9.17) is 16.3 Å². The molecule has 0 spiro atoms. The maximum Gasteiger partial charge on any atom is 0.266 e. The van der Waals surface area contributed by atoms with E-state index in [9.17, 15) is 14.4 Å². The van der Waals surface area contributed by atoms with E-state index >= 15 is 0 Å². The van der Waals surface area contributed by atoms with Gasteiger partial charge in [-0.3, -0.25) is 4.79 Å². The van der Waals surface area contributed by atoms with Crippen LogP contribution in [0.4, 0.5) is 10.1 Å². The van der Waals surface area contributed by atoms with Gasteiger partial charge in [-0.25, -0.2) is 4.39 Å². The molecule has 28 heavy (non-hydrogen) atoms. The van der Waals surface area contributed by atoms with Gasteiger partial charge in [-0.1, -0.05) is 11.6 Å². The number of nitrogens with zero attached hydrogens (tertiary/aromatic N) is 2. The first kappa shape index (κ1) is 20.1. The first-order chi connectivity index (χ1) is 13.4. The number of nitrogens with one attached hydrogen (secondary N) is 1. The van der Waals surface area contributed by atoms with Gasteiger partial charge >= 0.3 is 0 Å². The van der Waals surface area contributed by atoms with Crippen molar-refractivity contribution < 1.29 is 13.9 Å². The third kappa shape index (κ3) is 4.44. The highest BCUT2D eigenvalue weighted by atomic mass is 35.5. The van der Waals surface area contributed by atoms with Crippen molar-refractivity contribution in [2.75, 3.05) is 11.9 Å². The summed E-state index contributed by atoms with van der Waals surface area (Å²) in [4.78, 5) is 12.4. The lowest BCUT2D eigenvalue weighted by Gasteiger charge is -2.14. The second kappa shape index (κ2) is 8.59. The van der Waals surface area contributed by atoms with Gasteiger partial charge in [0, 0.05) is 29.6 Å². The molecule has 2 aromatic rings. The van der Waals surface area contributed by atoms with E-state index < -0.39 is 11.7 Å². The molecule has 1 aliphatic heterocycles. The largest absolute Gasteiger partial charge is 0.376 e. The minimum Gasteiger partial charge on any atom is -0.376 e. The number of hydrogen-bond donors (Lipinski definition) is 1. The van der Waals surface area contributed by atoms with Crippen molar-refractivity contribution in [2.45, 2.75) is 39.3 Å². The van der Waals surface area contributed by atoms with Gasteiger partial charge in [0.15, 0.2) is 0 Å². The lowest BCUT2D eigenvalue weighted by molar-refractivity contribution is -0.112. The Morgan fingerprint density at radius 3 is 2.89 bits per heavy atom.